The van der Waals surface area contributed by atoms with Gasteiger partial charge in [-0.1, -0.05) is 18.2 Å². The van der Waals surface area contributed by atoms with Crippen molar-refractivity contribution in [1.29, 1.82) is 0 Å². The topological polar surface area (TPSA) is 62.7 Å². The van der Waals surface area contributed by atoms with Crippen LogP contribution in [-0.4, -0.2) is 52.3 Å². The smallest absolute Gasteiger partial charge is 0.416 e. The summed E-state index contributed by atoms with van der Waals surface area (Å²) in [6.07, 6.45) is -0.0673. The zero-order chi connectivity index (χ0) is 28.6. The molecule has 2 aliphatic heterocycles. The van der Waals surface area contributed by atoms with Gasteiger partial charge < -0.3 is 14.5 Å². The first-order valence-corrected chi connectivity index (χ1v) is 13.3. The highest BCUT2D eigenvalue weighted by atomic mass is 19.4. The summed E-state index contributed by atoms with van der Waals surface area (Å²) in [7, 11) is 0. The van der Waals surface area contributed by atoms with Crippen molar-refractivity contribution < 1.29 is 27.5 Å². The molecule has 3 aromatic carbocycles. The van der Waals surface area contributed by atoms with Crippen molar-refractivity contribution in [1.82, 2.24) is 14.8 Å². The second-order valence-corrected chi connectivity index (χ2v) is 10.3. The summed E-state index contributed by atoms with van der Waals surface area (Å²) in [5, 5.41) is 0. The zero-order valence-corrected chi connectivity index (χ0v) is 21.9. The van der Waals surface area contributed by atoms with Gasteiger partial charge in [0, 0.05) is 49.1 Å². The number of likely N-dealkylation sites (tertiary alicyclic amines) is 2. The normalized spacial score (nSPS) is 18.3. The number of fused-ring (bicyclic) bond motifs is 1. The van der Waals surface area contributed by atoms with E-state index in [2.05, 4.69) is 4.98 Å². The maximum atomic E-state index is 13.4. The average molecular weight is 558 g/mol. The summed E-state index contributed by atoms with van der Waals surface area (Å²) >= 11 is 0. The van der Waals surface area contributed by atoms with E-state index in [1.807, 2.05) is 41.3 Å². The Kier molecular flexibility index (Phi) is 6.95. The van der Waals surface area contributed by atoms with Gasteiger partial charge in [-0.25, -0.2) is 0 Å². The molecule has 9 heteroatoms. The van der Waals surface area contributed by atoms with Gasteiger partial charge in [-0.3, -0.25) is 14.6 Å². The van der Waals surface area contributed by atoms with E-state index in [-0.39, 0.29) is 29.5 Å². The van der Waals surface area contributed by atoms with Crippen LogP contribution in [0.3, 0.4) is 0 Å². The van der Waals surface area contributed by atoms with Gasteiger partial charge in [-0.2, -0.15) is 13.2 Å². The van der Waals surface area contributed by atoms with Crippen LogP contribution in [-0.2, 0) is 6.18 Å². The molecule has 2 amide bonds. The number of carbonyl (C=O) groups is 2. The van der Waals surface area contributed by atoms with Crippen LogP contribution in [0.5, 0.6) is 11.5 Å². The second kappa shape index (κ2) is 10.7. The molecule has 0 bridgehead atoms. The summed E-state index contributed by atoms with van der Waals surface area (Å²) in [6, 6.07) is 22.3. The first-order chi connectivity index (χ1) is 19.8. The lowest BCUT2D eigenvalue weighted by Gasteiger charge is -2.25. The van der Waals surface area contributed by atoms with E-state index in [0.717, 1.165) is 29.7 Å². The molecule has 6 rings (SSSR count). The fourth-order valence-electron chi connectivity index (χ4n) is 5.58. The number of pyridine rings is 1. The number of nitrogens with zero attached hydrogens (tertiary/aromatic N) is 3. The van der Waals surface area contributed by atoms with E-state index in [1.54, 1.807) is 41.6 Å². The number of benzene rings is 3. The third-order valence-corrected chi connectivity index (χ3v) is 7.74. The number of aromatic nitrogens is 1. The first kappa shape index (κ1) is 26.6. The van der Waals surface area contributed by atoms with Gasteiger partial charge in [-0.05, 0) is 84.3 Å². The van der Waals surface area contributed by atoms with Gasteiger partial charge in [0.25, 0.3) is 11.8 Å². The standard InChI is InChI=1S/C32H26F3N3O3/c33-32(34,35)26-9-13-28(14-10-26)41-27-11-7-22(8-12-27)30(39)37-19-25-15-17-38(29(25)20-37)31(40)23-5-3-21(4-6-23)24-2-1-16-36-18-24/h1-14,16,18,25,29H,15,17,19-20H2/t25-,29+/m0/s1. The fourth-order valence-corrected chi connectivity index (χ4v) is 5.58. The minimum atomic E-state index is -4.41. The third-order valence-electron chi connectivity index (χ3n) is 7.74. The van der Waals surface area contributed by atoms with Crippen molar-refractivity contribution in [2.45, 2.75) is 18.6 Å². The van der Waals surface area contributed by atoms with Gasteiger partial charge in [0.2, 0.25) is 0 Å². The van der Waals surface area contributed by atoms with Crippen molar-refractivity contribution in [2.24, 2.45) is 5.92 Å². The predicted molar refractivity (Wildman–Crippen MR) is 146 cm³/mol. The lowest BCUT2D eigenvalue weighted by atomic mass is 10.0. The zero-order valence-electron chi connectivity index (χ0n) is 21.9. The van der Waals surface area contributed by atoms with Crippen LogP contribution in [0, 0.1) is 5.92 Å². The maximum Gasteiger partial charge on any atom is 0.416 e. The van der Waals surface area contributed by atoms with Crippen LogP contribution in [0.15, 0.2) is 97.3 Å². The molecule has 0 aliphatic carbocycles. The van der Waals surface area contributed by atoms with Crippen molar-refractivity contribution >= 4 is 11.8 Å². The number of carbonyl (C=O) groups excluding carboxylic acids is 2. The summed E-state index contributed by atoms with van der Waals surface area (Å²) in [5.74, 6) is 0.731. The average Bonchev–Trinajstić information content (AvgIpc) is 3.59. The van der Waals surface area contributed by atoms with E-state index in [4.69, 9.17) is 4.74 Å². The highest BCUT2D eigenvalue weighted by Gasteiger charge is 2.45. The molecule has 2 saturated heterocycles. The SMILES string of the molecule is O=C(c1ccc(Oc2ccc(C(F)(F)F)cc2)cc1)N1C[C@@H]2CCN(C(=O)c3ccc(-c4cccnc4)cc3)[C@@H]2C1. The highest BCUT2D eigenvalue weighted by Crippen LogP contribution is 2.34. The lowest BCUT2D eigenvalue weighted by Crippen LogP contribution is -2.40. The molecule has 0 saturated carbocycles. The molecule has 0 unspecified atom stereocenters. The highest BCUT2D eigenvalue weighted by molar-refractivity contribution is 5.96. The Morgan fingerprint density at radius 2 is 1.41 bits per heavy atom. The Hall–Kier alpha value is -4.66. The molecular weight excluding hydrogens is 531 g/mol. The Balaban J connectivity index is 1.08. The number of ether oxygens (including phenoxy) is 1. The van der Waals surface area contributed by atoms with Crippen LogP contribution in [0.4, 0.5) is 13.2 Å². The molecule has 4 aromatic rings. The van der Waals surface area contributed by atoms with E-state index in [9.17, 15) is 22.8 Å². The van der Waals surface area contributed by atoms with Crippen molar-refractivity contribution in [3.8, 4) is 22.6 Å². The van der Waals surface area contributed by atoms with Crippen LogP contribution >= 0.6 is 0 Å². The largest absolute Gasteiger partial charge is 0.457 e. The lowest BCUT2D eigenvalue weighted by molar-refractivity contribution is -0.137. The summed E-state index contributed by atoms with van der Waals surface area (Å²) < 4.78 is 44.0. The summed E-state index contributed by atoms with van der Waals surface area (Å²) in [5.41, 5.74) is 2.32. The fraction of sp³-hybridized carbons (Fsp3) is 0.219. The molecule has 1 aromatic heterocycles. The predicted octanol–water partition coefficient (Wildman–Crippen LogP) is 6.55. The van der Waals surface area contributed by atoms with E-state index in [1.165, 1.54) is 12.1 Å². The van der Waals surface area contributed by atoms with E-state index >= 15 is 0 Å². The van der Waals surface area contributed by atoms with Gasteiger partial charge in [0.05, 0.1) is 11.6 Å². The Morgan fingerprint density at radius 3 is 2.05 bits per heavy atom. The molecule has 3 heterocycles. The molecule has 2 fully saturated rings. The van der Waals surface area contributed by atoms with Crippen LogP contribution in [0.1, 0.15) is 32.7 Å². The Morgan fingerprint density at radius 1 is 0.780 bits per heavy atom. The molecule has 2 aliphatic rings. The van der Waals surface area contributed by atoms with Crippen LogP contribution in [0.25, 0.3) is 11.1 Å². The van der Waals surface area contributed by atoms with Gasteiger partial charge in [0.1, 0.15) is 11.5 Å². The van der Waals surface area contributed by atoms with Crippen molar-refractivity contribution in [3.63, 3.8) is 0 Å². The number of halogens is 3. The minimum absolute atomic E-state index is 0.0331. The van der Waals surface area contributed by atoms with E-state index in [0.29, 0.717) is 36.5 Å². The molecule has 41 heavy (non-hydrogen) atoms. The number of hydrogen-bond donors (Lipinski definition) is 0. The third kappa shape index (κ3) is 5.52. The maximum absolute atomic E-state index is 13.4. The quantitative estimate of drug-likeness (QED) is 0.279. The summed E-state index contributed by atoms with van der Waals surface area (Å²) in [6.45, 7) is 1.71. The van der Waals surface area contributed by atoms with Crippen molar-refractivity contribution in [2.75, 3.05) is 19.6 Å². The number of rotatable bonds is 5. The monoisotopic (exact) mass is 557 g/mol. The first-order valence-electron chi connectivity index (χ1n) is 13.3. The van der Waals surface area contributed by atoms with Gasteiger partial charge in [0.15, 0.2) is 0 Å². The molecule has 208 valence electrons. The Labute approximate surface area is 235 Å². The minimum Gasteiger partial charge on any atom is -0.457 e. The second-order valence-electron chi connectivity index (χ2n) is 10.3. The van der Waals surface area contributed by atoms with Crippen LogP contribution < -0.4 is 4.74 Å². The molecule has 0 N–H and O–H groups in total. The van der Waals surface area contributed by atoms with Crippen LogP contribution in [0.2, 0.25) is 0 Å². The number of alkyl halides is 3. The summed E-state index contributed by atoms with van der Waals surface area (Å²) in [4.78, 5) is 34.5. The Bertz CT molecular complexity index is 1540. The van der Waals surface area contributed by atoms with E-state index < -0.39 is 11.7 Å². The van der Waals surface area contributed by atoms with Gasteiger partial charge >= 0.3 is 6.18 Å². The molecular formula is C32H26F3N3O3. The number of amides is 2. The molecule has 2 atom stereocenters. The molecule has 6 nitrogen and oxygen atoms in total. The van der Waals surface area contributed by atoms with Gasteiger partial charge in [-0.15, -0.1) is 0 Å². The molecule has 0 spiro atoms. The molecule has 0 radical (unpaired) electrons. The number of hydrogen-bond acceptors (Lipinski definition) is 4. The van der Waals surface area contributed by atoms with Crippen molar-refractivity contribution in [3.05, 3.63) is 114 Å².